The van der Waals surface area contributed by atoms with Crippen molar-refractivity contribution in [2.45, 2.75) is 26.5 Å². The van der Waals surface area contributed by atoms with E-state index in [9.17, 15) is 18.8 Å². The van der Waals surface area contributed by atoms with Crippen molar-refractivity contribution in [1.82, 2.24) is 5.32 Å². The lowest BCUT2D eigenvalue weighted by Crippen LogP contribution is -2.28. The van der Waals surface area contributed by atoms with E-state index in [4.69, 9.17) is 9.15 Å². The molecule has 0 spiro atoms. The van der Waals surface area contributed by atoms with Crippen LogP contribution in [0.3, 0.4) is 0 Å². The molecule has 1 aromatic heterocycles. The number of rotatable bonds is 6. The van der Waals surface area contributed by atoms with Crippen LogP contribution in [0.4, 0.5) is 8.78 Å². The van der Waals surface area contributed by atoms with Crippen LogP contribution in [0.5, 0.6) is 5.75 Å². The molecule has 3 rings (SSSR count). The molecule has 7 heteroatoms. The third-order valence-corrected chi connectivity index (χ3v) is 4.26. The SMILES string of the molecule is Cc1ccc(OCc2ccc(C(=O)NC(C#N)c3ccc(F)cc3F)o2)c(C)c1. The second kappa shape index (κ2) is 8.57. The number of carbonyl (C=O) groups is 1. The number of carbonyl (C=O) groups excluding carboxylic acids is 1. The largest absolute Gasteiger partial charge is 0.485 e. The fourth-order valence-electron chi connectivity index (χ4n) is 2.81. The van der Waals surface area contributed by atoms with Crippen LogP contribution in [0.2, 0.25) is 0 Å². The van der Waals surface area contributed by atoms with E-state index in [1.807, 2.05) is 32.0 Å². The highest BCUT2D eigenvalue weighted by atomic mass is 19.1. The monoisotopic (exact) mass is 396 g/mol. The Bertz CT molecular complexity index is 1090. The predicted octanol–water partition coefficient (Wildman–Crippen LogP) is 4.75. The van der Waals surface area contributed by atoms with Crippen molar-refractivity contribution >= 4 is 5.91 Å². The van der Waals surface area contributed by atoms with E-state index in [1.165, 1.54) is 6.07 Å². The molecule has 0 bridgehead atoms. The zero-order valence-electron chi connectivity index (χ0n) is 15.8. The van der Waals surface area contributed by atoms with E-state index in [2.05, 4.69) is 5.32 Å². The van der Waals surface area contributed by atoms with Gasteiger partial charge in [-0.25, -0.2) is 8.78 Å². The van der Waals surface area contributed by atoms with Crippen molar-refractivity contribution < 1.29 is 22.7 Å². The summed E-state index contributed by atoms with van der Waals surface area (Å²) < 4.78 is 38.1. The van der Waals surface area contributed by atoms with E-state index in [0.29, 0.717) is 17.6 Å². The molecule has 1 atom stereocenters. The Morgan fingerprint density at radius 2 is 1.97 bits per heavy atom. The fraction of sp³-hybridized carbons (Fsp3) is 0.182. The molecule has 0 radical (unpaired) electrons. The Kier molecular flexibility index (Phi) is 5.93. The first-order valence-corrected chi connectivity index (χ1v) is 8.81. The van der Waals surface area contributed by atoms with Crippen molar-refractivity contribution in [1.29, 1.82) is 5.26 Å². The first-order chi connectivity index (χ1) is 13.9. The molecule has 1 heterocycles. The van der Waals surface area contributed by atoms with Crippen molar-refractivity contribution in [3.8, 4) is 11.8 Å². The Hall–Kier alpha value is -3.66. The van der Waals surface area contributed by atoms with Gasteiger partial charge in [0.1, 0.15) is 35.8 Å². The van der Waals surface area contributed by atoms with E-state index in [1.54, 1.807) is 12.1 Å². The molecule has 0 aliphatic carbocycles. The van der Waals surface area contributed by atoms with Gasteiger partial charge in [0.05, 0.1) is 6.07 Å². The summed E-state index contributed by atoms with van der Waals surface area (Å²) in [5.41, 5.74) is 1.97. The number of hydrogen-bond donors (Lipinski definition) is 1. The quantitative estimate of drug-likeness (QED) is 0.653. The van der Waals surface area contributed by atoms with Gasteiger partial charge in [0.15, 0.2) is 5.76 Å². The Balaban J connectivity index is 1.66. The number of aryl methyl sites for hydroxylation is 2. The third-order valence-electron chi connectivity index (χ3n) is 4.26. The summed E-state index contributed by atoms with van der Waals surface area (Å²) in [5.74, 6) is -1.32. The topological polar surface area (TPSA) is 75.3 Å². The minimum Gasteiger partial charge on any atom is -0.485 e. The molecule has 29 heavy (non-hydrogen) atoms. The molecule has 5 nitrogen and oxygen atoms in total. The first-order valence-electron chi connectivity index (χ1n) is 8.81. The molecule has 1 unspecified atom stereocenters. The molecule has 0 aliphatic heterocycles. The van der Waals surface area contributed by atoms with Gasteiger partial charge in [-0.3, -0.25) is 4.79 Å². The zero-order chi connectivity index (χ0) is 21.0. The maximum atomic E-state index is 13.9. The molecule has 3 aromatic rings. The number of hydrogen-bond acceptors (Lipinski definition) is 4. The van der Waals surface area contributed by atoms with Gasteiger partial charge < -0.3 is 14.5 Å². The minimum absolute atomic E-state index is 0.0491. The smallest absolute Gasteiger partial charge is 0.288 e. The molecule has 0 saturated heterocycles. The number of benzene rings is 2. The first kappa shape index (κ1) is 20.1. The summed E-state index contributed by atoms with van der Waals surface area (Å²) in [6.07, 6.45) is 0. The maximum Gasteiger partial charge on any atom is 0.288 e. The summed E-state index contributed by atoms with van der Waals surface area (Å²) in [4.78, 5) is 12.4. The average molecular weight is 396 g/mol. The maximum absolute atomic E-state index is 13.9. The summed E-state index contributed by atoms with van der Waals surface area (Å²) in [6, 6.07) is 12.1. The number of nitriles is 1. The lowest BCUT2D eigenvalue weighted by molar-refractivity contribution is 0.0912. The highest BCUT2D eigenvalue weighted by molar-refractivity contribution is 5.92. The minimum atomic E-state index is -1.29. The van der Waals surface area contributed by atoms with Crippen molar-refractivity contribution in [2.75, 3.05) is 0 Å². The zero-order valence-corrected chi connectivity index (χ0v) is 15.8. The molecular formula is C22H18F2N2O3. The molecule has 0 saturated carbocycles. The highest BCUT2D eigenvalue weighted by Crippen LogP contribution is 2.21. The average Bonchev–Trinajstić information content (AvgIpc) is 3.15. The van der Waals surface area contributed by atoms with Crippen LogP contribution in [0.25, 0.3) is 0 Å². The van der Waals surface area contributed by atoms with Crippen LogP contribution in [0.1, 0.15) is 39.0 Å². The Morgan fingerprint density at radius 1 is 1.17 bits per heavy atom. The van der Waals surface area contributed by atoms with Crippen molar-refractivity contribution in [3.05, 3.63) is 88.4 Å². The van der Waals surface area contributed by atoms with Crippen molar-refractivity contribution in [2.24, 2.45) is 0 Å². The summed E-state index contributed by atoms with van der Waals surface area (Å²) in [7, 11) is 0. The Labute approximate surface area is 166 Å². The number of ether oxygens (including phenoxy) is 1. The van der Waals surface area contributed by atoms with Gasteiger partial charge in [-0.1, -0.05) is 23.8 Å². The molecule has 148 valence electrons. The fourth-order valence-corrected chi connectivity index (χ4v) is 2.81. The molecule has 1 amide bonds. The van der Waals surface area contributed by atoms with Gasteiger partial charge in [-0.15, -0.1) is 0 Å². The lowest BCUT2D eigenvalue weighted by Gasteiger charge is -2.12. The highest BCUT2D eigenvalue weighted by Gasteiger charge is 2.21. The van der Waals surface area contributed by atoms with E-state index < -0.39 is 23.6 Å². The van der Waals surface area contributed by atoms with Crippen LogP contribution in [-0.2, 0) is 6.61 Å². The third kappa shape index (κ3) is 4.79. The van der Waals surface area contributed by atoms with Gasteiger partial charge in [0.2, 0.25) is 0 Å². The van der Waals surface area contributed by atoms with Crippen LogP contribution < -0.4 is 10.1 Å². The second-order valence-electron chi connectivity index (χ2n) is 6.52. The van der Waals surface area contributed by atoms with E-state index >= 15 is 0 Å². The molecule has 2 aromatic carbocycles. The number of furan rings is 1. The van der Waals surface area contributed by atoms with Gasteiger partial charge >= 0.3 is 0 Å². The number of amides is 1. The van der Waals surface area contributed by atoms with Crippen LogP contribution in [0.15, 0.2) is 52.9 Å². The molecule has 0 fully saturated rings. The molecule has 0 aliphatic rings. The standard InChI is InChI=1S/C22H18F2N2O3/c1-13-3-7-20(14(2)9-13)28-12-16-5-8-21(29-16)22(27)26-19(11-25)17-6-4-15(23)10-18(17)24/h3-10,19H,12H2,1-2H3,(H,26,27). The predicted molar refractivity (Wildman–Crippen MR) is 101 cm³/mol. The lowest BCUT2D eigenvalue weighted by atomic mass is 10.1. The van der Waals surface area contributed by atoms with Crippen molar-refractivity contribution in [3.63, 3.8) is 0 Å². The van der Waals surface area contributed by atoms with E-state index in [0.717, 1.165) is 23.3 Å². The van der Waals surface area contributed by atoms with Crippen LogP contribution >= 0.6 is 0 Å². The number of nitrogens with zero attached hydrogens (tertiary/aromatic N) is 1. The summed E-state index contributed by atoms with van der Waals surface area (Å²) in [5, 5.41) is 11.6. The van der Waals surface area contributed by atoms with Gasteiger partial charge in [0, 0.05) is 11.6 Å². The second-order valence-corrected chi connectivity index (χ2v) is 6.52. The normalized spacial score (nSPS) is 11.6. The molecule has 1 N–H and O–H groups in total. The van der Waals surface area contributed by atoms with Crippen LogP contribution in [0, 0.1) is 36.8 Å². The summed E-state index contributed by atoms with van der Waals surface area (Å²) >= 11 is 0. The van der Waals surface area contributed by atoms with Gasteiger partial charge in [-0.2, -0.15) is 5.26 Å². The Morgan fingerprint density at radius 3 is 2.66 bits per heavy atom. The van der Waals surface area contributed by atoms with Crippen LogP contribution in [-0.4, -0.2) is 5.91 Å². The molecular weight excluding hydrogens is 378 g/mol. The summed E-state index contributed by atoms with van der Waals surface area (Å²) in [6.45, 7) is 4.03. The van der Waals surface area contributed by atoms with Gasteiger partial charge in [-0.05, 0) is 43.7 Å². The van der Waals surface area contributed by atoms with Gasteiger partial charge in [0.25, 0.3) is 5.91 Å². The number of nitrogens with one attached hydrogen (secondary N) is 1. The number of halogens is 2. The van der Waals surface area contributed by atoms with E-state index in [-0.39, 0.29) is 17.9 Å².